The molecule has 19 heavy (non-hydrogen) atoms. The molecule has 0 saturated heterocycles. The lowest BCUT2D eigenvalue weighted by Gasteiger charge is -2.08. The van der Waals surface area contributed by atoms with Crippen molar-refractivity contribution < 1.29 is 13.9 Å². The van der Waals surface area contributed by atoms with Gasteiger partial charge in [0.1, 0.15) is 11.6 Å². The molecule has 2 nitrogen and oxygen atoms in total. The number of halogens is 2. The van der Waals surface area contributed by atoms with Crippen molar-refractivity contribution in [2.75, 3.05) is 7.11 Å². The lowest BCUT2D eigenvalue weighted by atomic mass is 10.0. The molecule has 0 amide bonds. The molecule has 0 atom stereocenters. The van der Waals surface area contributed by atoms with Crippen LogP contribution in [0.4, 0.5) is 4.39 Å². The summed E-state index contributed by atoms with van der Waals surface area (Å²) in [6, 6.07) is 8.80. The quantitative estimate of drug-likeness (QED) is 0.793. The molecule has 98 valence electrons. The van der Waals surface area contributed by atoms with Crippen molar-refractivity contribution >= 4 is 17.4 Å². The highest BCUT2D eigenvalue weighted by molar-refractivity contribution is 6.31. The molecule has 0 aliphatic rings. The third kappa shape index (κ3) is 2.76. The normalized spacial score (nSPS) is 10.3. The Morgan fingerprint density at radius 1 is 1.21 bits per heavy atom. The fourth-order valence-electron chi connectivity index (χ4n) is 1.80. The summed E-state index contributed by atoms with van der Waals surface area (Å²) in [7, 11) is 1.44. The summed E-state index contributed by atoms with van der Waals surface area (Å²) < 4.78 is 18.4. The summed E-state index contributed by atoms with van der Waals surface area (Å²) in [6.45, 7) is 1.81. The van der Waals surface area contributed by atoms with E-state index in [-0.39, 0.29) is 11.3 Å². The molecule has 4 heteroatoms. The van der Waals surface area contributed by atoms with Gasteiger partial charge in [-0.15, -0.1) is 0 Å². The first-order valence-electron chi connectivity index (χ1n) is 5.67. The minimum atomic E-state index is -0.477. The predicted molar refractivity (Wildman–Crippen MR) is 72.6 cm³/mol. The highest BCUT2D eigenvalue weighted by Crippen LogP contribution is 2.24. The number of ketones is 1. The Hall–Kier alpha value is -1.87. The number of aryl methyl sites for hydroxylation is 1. The molecule has 0 heterocycles. The second kappa shape index (κ2) is 5.41. The van der Waals surface area contributed by atoms with Gasteiger partial charge in [0.25, 0.3) is 0 Å². The van der Waals surface area contributed by atoms with Crippen LogP contribution in [-0.2, 0) is 0 Å². The van der Waals surface area contributed by atoms with E-state index in [0.29, 0.717) is 16.3 Å². The van der Waals surface area contributed by atoms with Gasteiger partial charge in [0, 0.05) is 10.6 Å². The van der Waals surface area contributed by atoms with E-state index in [1.807, 2.05) is 6.92 Å². The minimum Gasteiger partial charge on any atom is -0.496 e. The maximum absolute atomic E-state index is 13.3. The van der Waals surface area contributed by atoms with E-state index in [1.54, 1.807) is 18.2 Å². The Labute approximate surface area is 115 Å². The second-order valence-electron chi connectivity index (χ2n) is 4.14. The summed E-state index contributed by atoms with van der Waals surface area (Å²) in [5.41, 5.74) is 1.44. The number of carbonyl (C=O) groups is 1. The molecule has 0 aliphatic heterocycles. The molecule has 0 radical (unpaired) electrons. The number of methoxy groups -OCH3 is 1. The van der Waals surface area contributed by atoms with E-state index < -0.39 is 5.82 Å². The summed E-state index contributed by atoms with van der Waals surface area (Å²) in [5, 5.41) is 0.586. The van der Waals surface area contributed by atoms with Gasteiger partial charge in [0.05, 0.1) is 12.7 Å². The van der Waals surface area contributed by atoms with Crippen molar-refractivity contribution in [3.63, 3.8) is 0 Å². The first-order chi connectivity index (χ1) is 9.02. The number of hydrogen-bond acceptors (Lipinski definition) is 2. The summed E-state index contributed by atoms with van der Waals surface area (Å²) in [5.74, 6) is -0.426. The predicted octanol–water partition coefficient (Wildman–Crippen LogP) is 4.03. The van der Waals surface area contributed by atoms with Crippen LogP contribution in [-0.4, -0.2) is 12.9 Å². The first kappa shape index (κ1) is 13.6. The maximum atomic E-state index is 13.3. The van der Waals surface area contributed by atoms with Gasteiger partial charge in [0.2, 0.25) is 0 Å². The molecule has 0 N–H and O–H groups in total. The zero-order chi connectivity index (χ0) is 14.0. The smallest absolute Gasteiger partial charge is 0.196 e. The van der Waals surface area contributed by atoms with Crippen LogP contribution in [0.25, 0.3) is 0 Å². The Morgan fingerprint density at radius 3 is 2.58 bits per heavy atom. The molecule has 0 aliphatic carbocycles. The van der Waals surface area contributed by atoms with Crippen LogP contribution in [0.2, 0.25) is 5.02 Å². The number of benzene rings is 2. The zero-order valence-electron chi connectivity index (χ0n) is 10.5. The van der Waals surface area contributed by atoms with Crippen molar-refractivity contribution in [3.8, 4) is 5.75 Å². The monoisotopic (exact) mass is 278 g/mol. The fourth-order valence-corrected chi connectivity index (χ4v) is 1.92. The van der Waals surface area contributed by atoms with E-state index in [1.165, 1.54) is 25.3 Å². The Morgan fingerprint density at radius 2 is 1.95 bits per heavy atom. The van der Waals surface area contributed by atoms with Gasteiger partial charge in [-0.1, -0.05) is 11.6 Å². The molecule has 2 aromatic rings. The molecule has 0 bridgehead atoms. The Kier molecular flexibility index (Phi) is 3.86. The van der Waals surface area contributed by atoms with Crippen LogP contribution in [0, 0.1) is 12.7 Å². The van der Waals surface area contributed by atoms with Gasteiger partial charge >= 0.3 is 0 Å². The third-order valence-electron chi connectivity index (χ3n) is 2.83. The van der Waals surface area contributed by atoms with Gasteiger partial charge in [0.15, 0.2) is 5.78 Å². The molecule has 0 unspecified atom stereocenters. The minimum absolute atomic E-state index is 0.198. The SMILES string of the molecule is COc1ccc(F)cc1C(=O)c1ccc(Cl)c(C)c1. The van der Waals surface area contributed by atoms with E-state index in [2.05, 4.69) is 0 Å². The molecule has 2 aromatic carbocycles. The van der Waals surface area contributed by atoms with E-state index in [4.69, 9.17) is 16.3 Å². The second-order valence-corrected chi connectivity index (χ2v) is 4.54. The number of carbonyl (C=O) groups excluding carboxylic acids is 1. The molecule has 0 spiro atoms. The van der Waals surface area contributed by atoms with E-state index in [0.717, 1.165) is 5.56 Å². The van der Waals surface area contributed by atoms with Crippen molar-refractivity contribution in [1.82, 2.24) is 0 Å². The standard InChI is InChI=1S/C15H12ClFO2/c1-9-7-10(3-5-13(9)16)15(18)12-8-11(17)4-6-14(12)19-2/h3-8H,1-2H3. The Balaban J connectivity index is 2.49. The lowest BCUT2D eigenvalue weighted by molar-refractivity contribution is 0.103. The van der Waals surface area contributed by atoms with Crippen LogP contribution in [0.1, 0.15) is 21.5 Å². The molecule has 0 aromatic heterocycles. The first-order valence-corrected chi connectivity index (χ1v) is 6.05. The summed E-state index contributed by atoms with van der Waals surface area (Å²) >= 11 is 5.92. The Bertz CT molecular complexity index is 638. The average molecular weight is 279 g/mol. The number of rotatable bonds is 3. The average Bonchev–Trinajstić information content (AvgIpc) is 2.41. The highest BCUT2D eigenvalue weighted by Gasteiger charge is 2.16. The van der Waals surface area contributed by atoms with Crippen LogP contribution in [0.5, 0.6) is 5.75 Å². The van der Waals surface area contributed by atoms with E-state index in [9.17, 15) is 9.18 Å². The van der Waals surface area contributed by atoms with E-state index >= 15 is 0 Å². The highest BCUT2D eigenvalue weighted by atomic mass is 35.5. The van der Waals surface area contributed by atoms with Crippen molar-refractivity contribution in [3.05, 3.63) is 63.9 Å². The van der Waals surface area contributed by atoms with Crippen LogP contribution < -0.4 is 4.74 Å². The van der Waals surface area contributed by atoms with Crippen molar-refractivity contribution in [1.29, 1.82) is 0 Å². The van der Waals surface area contributed by atoms with Gasteiger partial charge in [-0.05, 0) is 48.9 Å². The molecule has 2 rings (SSSR count). The maximum Gasteiger partial charge on any atom is 0.196 e. The van der Waals surface area contributed by atoms with Crippen LogP contribution in [0.3, 0.4) is 0 Å². The van der Waals surface area contributed by atoms with Crippen LogP contribution >= 0.6 is 11.6 Å². The zero-order valence-corrected chi connectivity index (χ0v) is 11.3. The molecular weight excluding hydrogens is 267 g/mol. The van der Waals surface area contributed by atoms with Gasteiger partial charge in [-0.2, -0.15) is 0 Å². The van der Waals surface area contributed by atoms with Crippen molar-refractivity contribution in [2.24, 2.45) is 0 Å². The molecular formula is C15H12ClFO2. The summed E-state index contributed by atoms with van der Waals surface area (Å²) in [4.78, 5) is 12.4. The lowest BCUT2D eigenvalue weighted by Crippen LogP contribution is -2.05. The topological polar surface area (TPSA) is 26.3 Å². The van der Waals surface area contributed by atoms with Gasteiger partial charge < -0.3 is 4.74 Å². The van der Waals surface area contributed by atoms with Crippen LogP contribution in [0.15, 0.2) is 36.4 Å². The number of ether oxygens (including phenoxy) is 1. The molecule has 0 saturated carbocycles. The van der Waals surface area contributed by atoms with Gasteiger partial charge in [-0.25, -0.2) is 4.39 Å². The summed E-state index contributed by atoms with van der Waals surface area (Å²) in [6.07, 6.45) is 0. The third-order valence-corrected chi connectivity index (χ3v) is 3.25. The van der Waals surface area contributed by atoms with Crippen molar-refractivity contribution in [2.45, 2.75) is 6.92 Å². The number of hydrogen-bond donors (Lipinski definition) is 0. The largest absolute Gasteiger partial charge is 0.496 e. The fraction of sp³-hybridized carbons (Fsp3) is 0.133. The molecule has 0 fully saturated rings. The van der Waals surface area contributed by atoms with Gasteiger partial charge in [-0.3, -0.25) is 4.79 Å².